The van der Waals surface area contributed by atoms with Crippen LogP contribution in [0.2, 0.25) is 0 Å². The Balaban J connectivity index is 1.93. The molecule has 4 nitrogen and oxygen atoms in total. The molecule has 1 aromatic rings. The van der Waals surface area contributed by atoms with Crippen molar-refractivity contribution in [1.29, 1.82) is 0 Å². The number of para-hydroxylation sites is 1. The Bertz CT molecular complexity index is 390. The van der Waals surface area contributed by atoms with Crippen LogP contribution in [0.4, 0.5) is 5.69 Å². The minimum atomic E-state index is -0.0429. The lowest BCUT2D eigenvalue weighted by Gasteiger charge is -2.45. The van der Waals surface area contributed by atoms with Crippen molar-refractivity contribution < 1.29 is 4.74 Å². The summed E-state index contributed by atoms with van der Waals surface area (Å²) in [6.07, 6.45) is 0. The summed E-state index contributed by atoms with van der Waals surface area (Å²) in [5.74, 6) is 0. The predicted octanol–water partition coefficient (Wildman–Crippen LogP) is 1.56. The van der Waals surface area contributed by atoms with Gasteiger partial charge in [0.2, 0.25) is 0 Å². The van der Waals surface area contributed by atoms with Gasteiger partial charge in [0.15, 0.2) is 0 Å². The maximum atomic E-state index is 5.99. The molecule has 20 heavy (non-hydrogen) atoms. The highest BCUT2D eigenvalue weighted by Crippen LogP contribution is 2.21. The second kappa shape index (κ2) is 7.07. The van der Waals surface area contributed by atoms with Crippen molar-refractivity contribution in [1.82, 2.24) is 4.90 Å². The summed E-state index contributed by atoms with van der Waals surface area (Å²) in [4.78, 5) is 4.91. The Morgan fingerprint density at radius 2 is 1.80 bits per heavy atom. The standard InChI is InChI=1S/C16H27N3O/c1-3-20-14-16(2,13-17)19-11-9-18(10-12-19)15-7-5-4-6-8-15/h4-8H,3,9-14,17H2,1-2H3. The molecule has 0 bridgehead atoms. The van der Waals surface area contributed by atoms with Crippen molar-refractivity contribution in [3.63, 3.8) is 0 Å². The lowest BCUT2D eigenvalue weighted by atomic mass is 10.00. The summed E-state index contributed by atoms with van der Waals surface area (Å²) in [5, 5.41) is 0. The molecule has 0 spiro atoms. The van der Waals surface area contributed by atoms with Gasteiger partial charge in [-0.25, -0.2) is 0 Å². The first-order chi connectivity index (χ1) is 9.69. The second-order valence-corrected chi connectivity index (χ2v) is 5.65. The van der Waals surface area contributed by atoms with Gasteiger partial charge in [-0.1, -0.05) is 18.2 Å². The third-order valence-electron chi connectivity index (χ3n) is 4.22. The van der Waals surface area contributed by atoms with Gasteiger partial charge < -0.3 is 15.4 Å². The highest BCUT2D eigenvalue weighted by Gasteiger charge is 2.33. The van der Waals surface area contributed by atoms with E-state index in [9.17, 15) is 0 Å². The molecule has 1 heterocycles. The topological polar surface area (TPSA) is 41.7 Å². The van der Waals surface area contributed by atoms with Crippen LogP contribution in [0, 0.1) is 0 Å². The monoisotopic (exact) mass is 277 g/mol. The van der Waals surface area contributed by atoms with Gasteiger partial charge in [-0.15, -0.1) is 0 Å². The van der Waals surface area contributed by atoms with E-state index in [1.807, 2.05) is 6.92 Å². The summed E-state index contributed by atoms with van der Waals surface area (Å²) in [5.41, 5.74) is 7.26. The number of nitrogens with two attached hydrogens (primary N) is 1. The highest BCUT2D eigenvalue weighted by molar-refractivity contribution is 5.46. The van der Waals surface area contributed by atoms with Gasteiger partial charge in [0.25, 0.3) is 0 Å². The van der Waals surface area contributed by atoms with Crippen LogP contribution in [0.3, 0.4) is 0 Å². The van der Waals surface area contributed by atoms with Crippen LogP contribution >= 0.6 is 0 Å². The average Bonchev–Trinajstić information content (AvgIpc) is 2.53. The quantitative estimate of drug-likeness (QED) is 0.857. The van der Waals surface area contributed by atoms with Gasteiger partial charge in [-0.05, 0) is 26.0 Å². The fourth-order valence-corrected chi connectivity index (χ4v) is 2.74. The van der Waals surface area contributed by atoms with Gasteiger partial charge in [0, 0.05) is 45.0 Å². The van der Waals surface area contributed by atoms with Crippen molar-refractivity contribution in [2.75, 3.05) is 50.8 Å². The Kier molecular flexibility index (Phi) is 5.40. The summed E-state index contributed by atoms with van der Waals surface area (Å²) < 4.78 is 5.62. The maximum Gasteiger partial charge on any atom is 0.0659 e. The van der Waals surface area contributed by atoms with Crippen LogP contribution in [0.1, 0.15) is 13.8 Å². The van der Waals surface area contributed by atoms with Gasteiger partial charge in [0.1, 0.15) is 0 Å². The fourth-order valence-electron chi connectivity index (χ4n) is 2.74. The molecule has 1 saturated heterocycles. The van der Waals surface area contributed by atoms with Gasteiger partial charge >= 0.3 is 0 Å². The van der Waals surface area contributed by atoms with Crippen molar-refractivity contribution in [3.05, 3.63) is 30.3 Å². The number of anilines is 1. The van der Waals surface area contributed by atoms with Crippen LogP contribution in [0.5, 0.6) is 0 Å². The third kappa shape index (κ3) is 3.51. The normalized spacial score (nSPS) is 19.9. The zero-order valence-electron chi connectivity index (χ0n) is 12.7. The number of piperazine rings is 1. The minimum absolute atomic E-state index is 0.0429. The number of hydrogen-bond donors (Lipinski definition) is 1. The summed E-state index contributed by atoms with van der Waals surface area (Å²) in [6.45, 7) is 10.5. The Hall–Kier alpha value is -1.10. The van der Waals surface area contributed by atoms with Gasteiger partial charge in [0.05, 0.1) is 12.1 Å². The highest BCUT2D eigenvalue weighted by atomic mass is 16.5. The molecule has 0 saturated carbocycles. The summed E-state index contributed by atoms with van der Waals surface area (Å²) >= 11 is 0. The summed E-state index contributed by atoms with van der Waals surface area (Å²) in [6, 6.07) is 10.6. The van der Waals surface area contributed by atoms with Crippen molar-refractivity contribution in [2.24, 2.45) is 5.73 Å². The Labute approximate surface area is 122 Å². The summed E-state index contributed by atoms with van der Waals surface area (Å²) in [7, 11) is 0. The van der Waals surface area contributed by atoms with Crippen molar-refractivity contribution in [2.45, 2.75) is 19.4 Å². The van der Waals surface area contributed by atoms with Crippen LogP contribution in [0.25, 0.3) is 0 Å². The molecule has 1 aromatic carbocycles. The zero-order chi connectivity index (χ0) is 14.4. The van der Waals surface area contributed by atoms with E-state index in [1.165, 1.54) is 5.69 Å². The van der Waals surface area contributed by atoms with E-state index < -0.39 is 0 Å². The Morgan fingerprint density at radius 3 is 2.35 bits per heavy atom. The lowest BCUT2D eigenvalue weighted by Crippen LogP contribution is -2.61. The van der Waals surface area contributed by atoms with E-state index >= 15 is 0 Å². The van der Waals surface area contributed by atoms with Gasteiger partial charge in [-0.3, -0.25) is 4.90 Å². The first-order valence-corrected chi connectivity index (χ1v) is 7.52. The predicted molar refractivity (Wildman–Crippen MR) is 84.2 cm³/mol. The number of rotatable bonds is 6. The van der Waals surface area contributed by atoms with Gasteiger partial charge in [-0.2, -0.15) is 0 Å². The molecule has 1 aliphatic heterocycles. The van der Waals surface area contributed by atoms with E-state index in [1.54, 1.807) is 0 Å². The van der Waals surface area contributed by atoms with Crippen LogP contribution in [0.15, 0.2) is 30.3 Å². The minimum Gasteiger partial charge on any atom is -0.380 e. The molecule has 2 N–H and O–H groups in total. The molecule has 112 valence electrons. The third-order valence-corrected chi connectivity index (χ3v) is 4.22. The Morgan fingerprint density at radius 1 is 1.15 bits per heavy atom. The van der Waals surface area contributed by atoms with E-state index in [-0.39, 0.29) is 5.54 Å². The van der Waals surface area contributed by atoms with Crippen LogP contribution < -0.4 is 10.6 Å². The zero-order valence-corrected chi connectivity index (χ0v) is 12.7. The molecule has 0 aliphatic carbocycles. The average molecular weight is 277 g/mol. The molecule has 0 amide bonds. The number of ether oxygens (including phenoxy) is 1. The first-order valence-electron chi connectivity index (χ1n) is 7.52. The molecular formula is C16H27N3O. The first kappa shape index (κ1) is 15.3. The maximum absolute atomic E-state index is 5.99. The van der Waals surface area contributed by atoms with Crippen LogP contribution in [-0.4, -0.2) is 56.4 Å². The molecule has 1 fully saturated rings. The molecule has 4 heteroatoms. The molecule has 0 radical (unpaired) electrons. The largest absolute Gasteiger partial charge is 0.380 e. The lowest BCUT2D eigenvalue weighted by molar-refractivity contribution is 0.00749. The second-order valence-electron chi connectivity index (χ2n) is 5.65. The number of benzene rings is 1. The SMILES string of the molecule is CCOCC(C)(CN)N1CCN(c2ccccc2)CC1. The van der Waals surface area contributed by atoms with E-state index in [0.717, 1.165) is 32.8 Å². The molecular weight excluding hydrogens is 250 g/mol. The molecule has 1 aliphatic rings. The van der Waals surface area contributed by atoms with Crippen molar-refractivity contribution in [3.8, 4) is 0 Å². The molecule has 1 unspecified atom stereocenters. The molecule has 1 atom stereocenters. The van der Waals surface area contributed by atoms with E-state index in [2.05, 4.69) is 47.1 Å². The molecule has 0 aromatic heterocycles. The molecule has 2 rings (SSSR count). The number of nitrogens with zero attached hydrogens (tertiary/aromatic N) is 2. The number of hydrogen-bond acceptors (Lipinski definition) is 4. The van der Waals surface area contributed by atoms with E-state index in [0.29, 0.717) is 13.2 Å². The van der Waals surface area contributed by atoms with E-state index in [4.69, 9.17) is 10.5 Å². The van der Waals surface area contributed by atoms with Crippen molar-refractivity contribution >= 4 is 5.69 Å². The van der Waals surface area contributed by atoms with Crippen LogP contribution in [-0.2, 0) is 4.74 Å². The smallest absolute Gasteiger partial charge is 0.0659 e. The fraction of sp³-hybridized carbons (Fsp3) is 0.625.